The topological polar surface area (TPSA) is 69.7 Å². The first-order chi connectivity index (χ1) is 13.4. The second kappa shape index (κ2) is 7.03. The van der Waals surface area contributed by atoms with Crippen molar-refractivity contribution < 1.29 is 23.2 Å². The van der Waals surface area contributed by atoms with Crippen LogP contribution in [0, 0.1) is 11.6 Å². The Balaban J connectivity index is 1.67. The van der Waals surface area contributed by atoms with E-state index in [0.29, 0.717) is 19.4 Å². The maximum atomic E-state index is 13.9. The van der Waals surface area contributed by atoms with E-state index < -0.39 is 36.0 Å². The molecule has 0 spiro atoms. The molecule has 0 unspecified atom stereocenters. The van der Waals surface area contributed by atoms with Crippen LogP contribution in [0.15, 0.2) is 42.5 Å². The van der Waals surface area contributed by atoms with Crippen molar-refractivity contribution >= 4 is 29.1 Å². The first-order valence-corrected chi connectivity index (χ1v) is 8.91. The van der Waals surface area contributed by atoms with E-state index >= 15 is 0 Å². The first kappa shape index (κ1) is 18.1. The average molecular weight is 385 g/mol. The second-order valence-corrected chi connectivity index (χ2v) is 6.80. The first-order valence-electron chi connectivity index (χ1n) is 8.91. The van der Waals surface area contributed by atoms with Gasteiger partial charge in [0.25, 0.3) is 5.91 Å². The van der Waals surface area contributed by atoms with Crippen molar-refractivity contribution in [1.29, 1.82) is 0 Å². The van der Waals surface area contributed by atoms with Crippen LogP contribution >= 0.6 is 0 Å². The van der Waals surface area contributed by atoms with Crippen molar-refractivity contribution in [3.63, 3.8) is 0 Å². The molecule has 2 aromatic carbocycles. The smallest absolute Gasteiger partial charge is 0.256 e. The summed E-state index contributed by atoms with van der Waals surface area (Å²) in [6, 6.07) is 8.25. The number of benzene rings is 2. The van der Waals surface area contributed by atoms with E-state index in [-0.39, 0.29) is 22.8 Å². The van der Waals surface area contributed by atoms with Gasteiger partial charge >= 0.3 is 0 Å². The van der Waals surface area contributed by atoms with Crippen LogP contribution in [0.1, 0.15) is 23.2 Å². The van der Waals surface area contributed by atoms with Gasteiger partial charge in [0.2, 0.25) is 11.8 Å². The molecule has 2 heterocycles. The van der Waals surface area contributed by atoms with Crippen molar-refractivity contribution in [3.05, 3.63) is 59.7 Å². The number of amides is 3. The van der Waals surface area contributed by atoms with Crippen LogP contribution in [0.2, 0.25) is 0 Å². The van der Waals surface area contributed by atoms with Crippen molar-refractivity contribution in [1.82, 2.24) is 4.90 Å². The van der Waals surface area contributed by atoms with Crippen molar-refractivity contribution in [2.45, 2.75) is 18.9 Å². The molecule has 8 heteroatoms. The molecule has 28 heavy (non-hydrogen) atoms. The predicted octanol–water partition coefficient (Wildman–Crippen LogP) is 2.55. The second-order valence-electron chi connectivity index (χ2n) is 6.80. The van der Waals surface area contributed by atoms with E-state index in [1.807, 2.05) is 0 Å². The van der Waals surface area contributed by atoms with Crippen LogP contribution in [0.4, 0.5) is 20.2 Å². The van der Waals surface area contributed by atoms with Gasteiger partial charge in [0, 0.05) is 12.2 Å². The number of hydrogen-bond donors (Lipinski definition) is 1. The molecule has 4 rings (SSSR count). The molecule has 1 saturated heterocycles. The Labute approximate surface area is 159 Å². The minimum atomic E-state index is -0.676. The third kappa shape index (κ3) is 3.21. The largest absolute Gasteiger partial charge is 0.327 e. The average Bonchev–Trinajstić information content (AvgIpc) is 3.12. The predicted molar refractivity (Wildman–Crippen MR) is 97.8 cm³/mol. The summed E-state index contributed by atoms with van der Waals surface area (Å²) < 4.78 is 27.2. The summed E-state index contributed by atoms with van der Waals surface area (Å²) in [6.45, 7) is 0.0266. The Morgan fingerprint density at radius 2 is 1.89 bits per heavy atom. The maximum Gasteiger partial charge on any atom is 0.256 e. The molecule has 2 aliphatic heterocycles. The molecule has 1 atom stereocenters. The summed E-state index contributed by atoms with van der Waals surface area (Å²) in [5.74, 6) is -2.48. The lowest BCUT2D eigenvalue weighted by atomic mass is 10.1. The lowest BCUT2D eigenvalue weighted by Gasteiger charge is -2.25. The van der Waals surface area contributed by atoms with Gasteiger partial charge in [-0.1, -0.05) is 6.07 Å². The fraction of sp³-hybridized carbons (Fsp3) is 0.250. The summed E-state index contributed by atoms with van der Waals surface area (Å²) in [7, 11) is 0. The van der Waals surface area contributed by atoms with Crippen LogP contribution in [0.5, 0.6) is 0 Å². The van der Waals surface area contributed by atoms with E-state index in [2.05, 4.69) is 5.32 Å². The molecule has 0 aromatic heterocycles. The monoisotopic (exact) mass is 385 g/mol. The van der Waals surface area contributed by atoms with Crippen LogP contribution in [-0.4, -0.2) is 41.8 Å². The molecule has 2 aliphatic rings. The van der Waals surface area contributed by atoms with Gasteiger partial charge in [0.05, 0.1) is 11.3 Å². The number of hydrogen-bond acceptors (Lipinski definition) is 3. The molecular weight excluding hydrogens is 368 g/mol. The summed E-state index contributed by atoms with van der Waals surface area (Å²) in [6.07, 6.45) is 1.17. The zero-order valence-corrected chi connectivity index (χ0v) is 14.8. The molecular formula is C20H17F2N3O3. The zero-order chi connectivity index (χ0) is 19.8. The Hall–Kier alpha value is -3.29. The van der Waals surface area contributed by atoms with Gasteiger partial charge < -0.3 is 15.1 Å². The van der Waals surface area contributed by atoms with Gasteiger partial charge in [-0.3, -0.25) is 14.4 Å². The van der Waals surface area contributed by atoms with Crippen molar-refractivity contribution in [3.8, 4) is 0 Å². The maximum absolute atomic E-state index is 13.9. The number of nitrogens with one attached hydrogen (secondary N) is 1. The molecule has 2 aromatic rings. The number of halogens is 2. The molecule has 1 N–H and O–H groups in total. The van der Waals surface area contributed by atoms with Crippen molar-refractivity contribution in [2.75, 3.05) is 23.3 Å². The molecule has 6 nitrogen and oxygen atoms in total. The third-order valence-electron chi connectivity index (χ3n) is 4.96. The standard InChI is InChI=1S/C20H17F2N3O3/c21-12-3-1-4-14(9-12)23-18(26)11-25-17-10-13(22)6-7-15(17)19(27)24-8-2-5-16(24)20(25)28/h1,3-4,6-7,9-10,16H,2,5,8,11H2,(H,23,26)/t16-/m0/s1. The molecule has 1 fully saturated rings. The highest BCUT2D eigenvalue weighted by Gasteiger charge is 2.42. The third-order valence-corrected chi connectivity index (χ3v) is 4.96. The number of carbonyl (C=O) groups excluding carboxylic acids is 3. The highest BCUT2D eigenvalue weighted by Crippen LogP contribution is 2.32. The summed E-state index contributed by atoms with van der Waals surface area (Å²) in [5.41, 5.74) is 0.488. The van der Waals surface area contributed by atoms with E-state index in [0.717, 1.165) is 23.1 Å². The van der Waals surface area contributed by atoms with Gasteiger partial charge in [-0.2, -0.15) is 0 Å². The zero-order valence-electron chi connectivity index (χ0n) is 14.8. The number of nitrogens with zero attached hydrogens (tertiary/aromatic N) is 2. The fourth-order valence-electron chi connectivity index (χ4n) is 3.70. The van der Waals surface area contributed by atoms with Crippen molar-refractivity contribution in [2.24, 2.45) is 0 Å². The summed E-state index contributed by atoms with van der Waals surface area (Å²) in [5, 5.41) is 2.52. The fourth-order valence-corrected chi connectivity index (χ4v) is 3.70. The highest BCUT2D eigenvalue weighted by molar-refractivity contribution is 6.13. The SMILES string of the molecule is O=C(CN1C(=O)[C@@H]2CCCN2C(=O)c2ccc(F)cc21)Nc1cccc(F)c1. The van der Waals surface area contributed by atoms with Gasteiger partial charge in [-0.05, 0) is 49.2 Å². The molecule has 3 amide bonds. The normalized spacial score (nSPS) is 18.6. The Kier molecular flexibility index (Phi) is 4.54. The minimum Gasteiger partial charge on any atom is -0.327 e. The summed E-state index contributed by atoms with van der Waals surface area (Å²) in [4.78, 5) is 41.0. The van der Waals surface area contributed by atoms with Crippen LogP contribution in [0.3, 0.4) is 0 Å². The van der Waals surface area contributed by atoms with Gasteiger partial charge in [-0.15, -0.1) is 0 Å². The lowest BCUT2D eigenvalue weighted by Crippen LogP contribution is -2.47. The van der Waals surface area contributed by atoms with Crippen LogP contribution in [-0.2, 0) is 9.59 Å². The van der Waals surface area contributed by atoms with E-state index in [4.69, 9.17) is 0 Å². The lowest BCUT2D eigenvalue weighted by molar-refractivity contribution is -0.124. The number of anilines is 2. The highest BCUT2D eigenvalue weighted by atomic mass is 19.1. The van der Waals surface area contributed by atoms with E-state index in [1.54, 1.807) is 0 Å². The van der Waals surface area contributed by atoms with Crippen LogP contribution < -0.4 is 10.2 Å². The van der Waals surface area contributed by atoms with Gasteiger partial charge in [0.15, 0.2) is 0 Å². The molecule has 144 valence electrons. The van der Waals surface area contributed by atoms with E-state index in [1.165, 1.54) is 29.2 Å². The van der Waals surface area contributed by atoms with Gasteiger partial charge in [0.1, 0.15) is 24.2 Å². The quantitative estimate of drug-likeness (QED) is 0.883. The minimum absolute atomic E-state index is 0.0683. The molecule has 0 saturated carbocycles. The van der Waals surface area contributed by atoms with Gasteiger partial charge in [-0.25, -0.2) is 8.78 Å². The Morgan fingerprint density at radius 1 is 1.11 bits per heavy atom. The molecule has 0 radical (unpaired) electrons. The molecule has 0 aliphatic carbocycles. The van der Waals surface area contributed by atoms with Crippen LogP contribution in [0.25, 0.3) is 0 Å². The molecule has 0 bridgehead atoms. The Morgan fingerprint density at radius 3 is 2.68 bits per heavy atom. The number of fused-ring (bicyclic) bond motifs is 2. The number of carbonyl (C=O) groups is 3. The Bertz CT molecular complexity index is 979. The number of rotatable bonds is 3. The van der Waals surface area contributed by atoms with E-state index in [9.17, 15) is 23.2 Å². The summed E-state index contributed by atoms with van der Waals surface area (Å²) >= 11 is 0.